The minimum Gasteiger partial charge on any atom is -0.423 e. The molecule has 126 heavy (non-hydrogen) atoms. The van der Waals surface area contributed by atoms with Crippen LogP contribution in [0.2, 0.25) is 0 Å². The first-order valence-corrected chi connectivity index (χ1v) is 50.2. The van der Waals surface area contributed by atoms with E-state index in [2.05, 4.69) is 18.2 Å². The molecule has 23 rings (SSSR count). The molecule has 0 amide bonds. The highest BCUT2D eigenvalue weighted by molar-refractivity contribution is 7.73. The number of para-hydroxylation sites is 18. The molecule has 17 aromatic rings. The summed E-state index contributed by atoms with van der Waals surface area (Å²) in [6.07, 6.45) is 0. The van der Waals surface area contributed by atoms with Crippen LogP contribution >= 0.6 is 45.1 Å². The van der Waals surface area contributed by atoms with Crippen molar-refractivity contribution in [2.24, 2.45) is 0 Å². The van der Waals surface area contributed by atoms with E-state index in [1.165, 1.54) is 0 Å². The summed E-state index contributed by atoms with van der Waals surface area (Å²) in [5.74, 6) is 2.87. The molecule has 6 unspecified atom stereocenters. The van der Waals surface area contributed by atoms with Gasteiger partial charge in [0.05, 0.1) is 100 Å². The Morgan fingerprint density at radius 1 is 0.143 bits per heavy atom. The molecule has 0 radical (unpaired) electrons. The zero-order chi connectivity index (χ0) is 84.9. The van der Waals surface area contributed by atoms with Gasteiger partial charge in [0.15, 0.2) is 34.5 Å². The van der Waals surface area contributed by atoms with Crippen molar-refractivity contribution in [2.75, 3.05) is 28.0 Å². The van der Waals surface area contributed by atoms with E-state index in [1.807, 2.05) is 396 Å². The van der Waals surface area contributed by atoms with E-state index in [0.29, 0.717) is 84.5 Å². The van der Waals surface area contributed by atoms with E-state index in [1.54, 1.807) is 50.4 Å². The fourth-order valence-corrected chi connectivity index (χ4v) is 31.3. The number of nitrogens with zero attached hydrogens (tertiary/aromatic N) is 6. The van der Waals surface area contributed by atoms with Gasteiger partial charge < -0.3 is 27.1 Å². The zero-order valence-electron chi connectivity index (χ0n) is 66.8. The van der Waals surface area contributed by atoms with Gasteiger partial charge in [0.2, 0.25) is 0 Å². The van der Waals surface area contributed by atoms with Crippen LogP contribution in [0.1, 0.15) is 0 Å². The third kappa shape index (κ3) is 13.0. The fraction of sp³-hybridized carbons (Fsp3) is 0. The number of rotatable bonds is 15. The van der Waals surface area contributed by atoms with E-state index in [4.69, 9.17) is 27.1 Å². The van der Waals surface area contributed by atoms with Gasteiger partial charge in [-0.3, -0.25) is 28.0 Å². The van der Waals surface area contributed by atoms with Crippen LogP contribution in [0.25, 0.3) is 33.4 Å². The van der Waals surface area contributed by atoms with Crippen molar-refractivity contribution >= 4 is 145 Å². The molecule has 0 saturated carbocycles. The molecule has 6 atom stereocenters. The first-order chi connectivity index (χ1) is 61.6. The minimum atomic E-state index is -4.12. The molecular weight excluding hydrogens is 1690 g/mol. The lowest BCUT2D eigenvalue weighted by Gasteiger charge is -2.30. The molecule has 18 nitrogen and oxygen atoms in total. The lowest BCUT2D eigenvalue weighted by molar-refractivity contribution is 0.502. The van der Waals surface area contributed by atoms with Gasteiger partial charge in [-0.15, -0.1) is 0 Å². The van der Waals surface area contributed by atoms with Crippen molar-refractivity contribution in [3.63, 3.8) is 0 Å². The standard InChI is InChI=1S/C60H42N3O6P3.C42H30N3O6P3/c64-70(61(49-22-4-1-5-23-49)55-31-10-13-34-58(55)67-70)52-28-16-19-43(40-52)46-37-47(44-20-17-29-53(41-44)71(65)62(50-24-6-2-7-25-50)56-32-11-14-35-59(56)68-71)39-48(38-46)45-21-18-30-54(42-45)72(66)63(51-26-8-3-9-27-51)57-33-12-15-36-60(57)69-72;46-52(43(31-16-4-1-5-17-31)37-22-10-13-25-40(37)49-52)34-28-35(53(47)44(32-18-6-2-7-19-32)38-23-11-14-26-41(38)50-53)30-36(29-34)54(48)45(33-20-8-3-9-21-33)39-24-12-15-27-42(39)51-54/h1-42H;1-30H. The molecule has 0 N–H and O–H groups in total. The molecule has 6 aliphatic heterocycles. The van der Waals surface area contributed by atoms with Crippen LogP contribution < -0.4 is 87.0 Å². The van der Waals surface area contributed by atoms with Gasteiger partial charge in [0.25, 0.3) is 0 Å². The van der Waals surface area contributed by atoms with Gasteiger partial charge >= 0.3 is 45.1 Å². The van der Waals surface area contributed by atoms with Crippen LogP contribution in [-0.4, -0.2) is 0 Å². The lowest BCUT2D eigenvalue weighted by Crippen LogP contribution is -2.32. The molecule has 0 fully saturated rings. The molecule has 0 aromatic heterocycles. The van der Waals surface area contributed by atoms with E-state index in [-0.39, 0.29) is 15.9 Å². The maximum atomic E-state index is 15.9. The van der Waals surface area contributed by atoms with Crippen LogP contribution in [0.5, 0.6) is 34.5 Å². The summed E-state index contributed by atoms with van der Waals surface area (Å²) in [7, 11) is -23.6. The van der Waals surface area contributed by atoms with Crippen LogP contribution in [0.3, 0.4) is 0 Å². The first kappa shape index (κ1) is 77.8. The highest BCUT2D eigenvalue weighted by atomic mass is 31.2. The topological polar surface area (TPSA) is 177 Å². The Morgan fingerprint density at radius 3 is 0.500 bits per heavy atom. The Hall–Kier alpha value is -14.3. The van der Waals surface area contributed by atoms with Gasteiger partial charge in [0.1, 0.15) is 0 Å². The number of hydrogen-bond acceptors (Lipinski definition) is 12. The van der Waals surface area contributed by atoms with Crippen LogP contribution in [0.15, 0.2) is 437 Å². The Bertz CT molecular complexity index is 6780. The van der Waals surface area contributed by atoms with E-state index in [9.17, 15) is 0 Å². The third-order valence-corrected chi connectivity index (χ3v) is 36.8. The number of benzene rings is 17. The van der Waals surface area contributed by atoms with Gasteiger partial charge in [-0.25, -0.2) is 27.4 Å². The van der Waals surface area contributed by atoms with E-state index in [0.717, 1.165) is 67.5 Å². The summed E-state index contributed by atoms with van der Waals surface area (Å²) in [6, 6.07) is 136. The second-order valence-corrected chi connectivity index (χ2v) is 43.4. The largest absolute Gasteiger partial charge is 0.423 e. The Balaban J connectivity index is 0.000000155. The average Bonchev–Trinajstić information content (AvgIpc) is 1.51. The Labute approximate surface area is 727 Å². The number of hydrogen-bond donors (Lipinski definition) is 0. The maximum absolute atomic E-state index is 15.9. The van der Waals surface area contributed by atoms with Crippen molar-refractivity contribution in [1.82, 2.24) is 0 Å². The van der Waals surface area contributed by atoms with Crippen LogP contribution in [0.4, 0.5) is 68.2 Å². The van der Waals surface area contributed by atoms with Gasteiger partial charge in [0, 0.05) is 0 Å². The molecule has 0 bridgehead atoms. The summed E-state index contributed by atoms with van der Waals surface area (Å²) in [5.41, 5.74) is 12.9. The highest BCUT2D eigenvalue weighted by Crippen LogP contribution is 2.72. The molecule has 612 valence electrons. The van der Waals surface area contributed by atoms with Crippen molar-refractivity contribution < 1.29 is 54.5 Å². The smallest absolute Gasteiger partial charge is 0.378 e. The average molecular weight is 1760 g/mol. The Kier molecular flexibility index (Phi) is 19.1. The quantitative estimate of drug-likeness (QED) is 0.0885. The normalized spacial score (nSPS) is 20.6. The molecule has 24 heteroatoms. The minimum absolute atomic E-state index is 0.167. The maximum Gasteiger partial charge on any atom is 0.378 e. The third-order valence-electron chi connectivity index (χ3n) is 22.8. The second-order valence-electron chi connectivity index (χ2n) is 30.5. The molecular formula is C102H72N6O12P6. The summed E-state index contributed by atoms with van der Waals surface area (Å²) in [5, 5.41) is 2.06. The summed E-state index contributed by atoms with van der Waals surface area (Å²) < 4.78 is 144. The zero-order valence-corrected chi connectivity index (χ0v) is 72.2. The van der Waals surface area contributed by atoms with Gasteiger partial charge in [-0.05, 0) is 252 Å². The highest BCUT2D eigenvalue weighted by Gasteiger charge is 2.54. The van der Waals surface area contributed by atoms with Crippen LogP contribution in [-0.2, 0) is 27.4 Å². The Morgan fingerprint density at radius 2 is 0.310 bits per heavy atom. The van der Waals surface area contributed by atoms with Crippen LogP contribution in [0, 0.1) is 0 Å². The summed E-state index contributed by atoms with van der Waals surface area (Å²) in [4.78, 5) is 0. The van der Waals surface area contributed by atoms with Gasteiger partial charge in [-0.2, -0.15) is 0 Å². The van der Waals surface area contributed by atoms with Crippen molar-refractivity contribution in [2.45, 2.75) is 0 Å². The molecule has 0 spiro atoms. The fourth-order valence-electron chi connectivity index (χ4n) is 17.1. The molecule has 0 saturated heterocycles. The van der Waals surface area contributed by atoms with Crippen molar-refractivity contribution in [3.05, 3.63) is 437 Å². The SMILES string of the molecule is O=P1(c2cc(P3(=O)Oc4ccccc4N3c3ccccc3)cc(P3(=O)Oc4ccccc4N3c3ccccc3)c2)Oc2ccccc2N1c1ccccc1.O=P1(c2cccc(-c3cc(-c4cccc(P5(=O)Oc6ccccc6N5c5ccccc5)c4)cc(-c4cccc(P5(=O)Oc6ccccc6N5c5ccccc5)c4)c3)c2)Oc2ccccc2N1c1ccccc1. The second kappa shape index (κ2) is 30.9. The predicted molar refractivity (Wildman–Crippen MR) is 507 cm³/mol. The van der Waals surface area contributed by atoms with E-state index >= 15 is 27.4 Å². The lowest BCUT2D eigenvalue weighted by atomic mass is 9.93. The monoisotopic (exact) mass is 1760 g/mol. The summed E-state index contributed by atoms with van der Waals surface area (Å²) in [6.45, 7) is 0. The predicted octanol–water partition coefficient (Wildman–Crippen LogP) is 26.7. The van der Waals surface area contributed by atoms with Gasteiger partial charge in [-0.1, -0.05) is 218 Å². The van der Waals surface area contributed by atoms with E-state index < -0.39 is 45.1 Å². The number of fused-ring (bicyclic) bond motifs is 6. The molecule has 6 heterocycles. The first-order valence-electron chi connectivity index (χ1n) is 40.7. The molecule has 17 aromatic carbocycles. The summed E-state index contributed by atoms with van der Waals surface area (Å²) >= 11 is 0. The molecule has 0 aliphatic carbocycles. The van der Waals surface area contributed by atoms with Crippen molar-refractivity contribution in [3.8, 4) is 67.9 Å². The molecule has 6 aliphatic rings. The van der Waals surface area contributed by atoms with Crippen molar-refractivity contribution in [1.29, 1.82) is 0 Å². The number of anilines is 12.